The number of carbonyl (C=O) groups is 2. The number of ether oxygens (including phenoxy) is 2. The second-order valence-corrected chi connectivity index (χ2v) is 11.3. The van der Waals surface area contributed by atoms with Crippen LogP contribution in [-0.4, -0.2) is 41.5 Å². The molecule has 5 aromatic rings. The maximum Gasteiger partial charge on any atom is 0.255 e. The first-order valence-electron chi connectivity index (χ1n) is 15.5. The summed E-state index contributed by atoms with van der Waals surface area (Å²) in [6, 6.07) is 28.6. The molecule has 1 aromatic heterocycles. The fraction of sp³-hybridized carbons (Fsp3) is 0.243. The number of hydrogen-bond donors (Lipinski definition) is 2. The second-order valence-electron chi connectivity index (χ2n) is 11.3. The maximum atomic E-state index is 13.2. The van der Waals surface area contributed by atoms with Gasteiger partial charge in [-0.05, 0) is 98.2 Å². The molecule has 2 N–H and O–H groups in total. The van der Waals surface area contributed by atoms with E-state index in [0.29, 0.717) is 40.6 Å². The lowest BCUT2D eigenvalue weighted by molar-refractivity contribution is -0.115. The van der Waals surface area contributed by atoms with Gasteiger partial charge in [0.1, 0.15) is 5.75 Å². The predicted molar refractivity (Wildman–Crippen MR) is 179 cm³/mol. The number of nitrogens with zero attached hydrogens (tertiary/aromatic N) is 2. The van der Waals surface area contributed by atoms with Crippen LogP contribution < -0.4 is 20.1 Å². The zero-order valence-corrected chi connectivity index (χ0v) is 25.7. The number of aromatic nitrogens is 1. The fourth-order valence-electron chi connectivity index (χ4n) is 5.74. The molecule has 0 atom stereocenters. The molecule has 45 heavy (non-hydrogen) atoms. The largest absolute Gasteiger partial charge is 0.493 e. The van der Waals surface area contributed by atoms with E-state index in [0.717, 1.165) is 30.8 Å². The van der Waals surface area contributed by atoms with Crippen LogP contribution in [0.15, 0.2) is 97.2 Å². The van der Waals surface area contributed by atoms with Crippen LogP contribution in [0.1, 0.15) is 48.5 Å². The number of para-hydroxylation sites is 1. The Bertz CT molecular complexity index is 1790. The normalized spacial score (nSPS) is 13.4. The van der Waals surface area contributed by atoms with Gasteiger partial charge in [-0.15, -0.1) is 0 Å². The molecule has 230 valence electrons. The molecule has 0 aliphatic carbocycles. The number of carbonyl (C=O) groups excluding carboxylic acids is 2. The summed E-state index contributed by atoms with van der Waals surface area (Å²) < 4.78 is 13.8. The van der Waals surface area contributed by atoms with E-state index in [1.807, 2.05) is 24.3 Å². The summed E-state index contributed by atoms with van der Waals surface area (Å²) in [5, 5.41) is 7.05. The molecule has 1 aliphatic rings. The SMILES string of the molecule is CCC(=O)Nc1ccc(Oc2ccc(NC(=O)c3ccc(-n4cc(CN5CCCCC5)c5ccccc54)cc3)cc2OC)cc1. The van der Waals surface area contributed by atoms with Crippen LogP contribution in [0.2, 0.25) is 0 Å². The molecule has 0 spiro atoms. The summed E-state index contributed by atoms with van der Waals surface area (Å²) >= 11 is 0. The highest BCUT2D eigenvalue weighted by Crippen LogP contribution is 2.34. The van der Waals surface area contributed by atoms with Crippen LogP contribution in [0.4, 0.5) is 11.4 Å². The minimum Gasteiger partial charge on any atom is -0.493 e. The number of hydrogen-bond acceptors (Lipinski definition) is 5. The molecule has 0 unspecified atom stereocenters. The van der Waals surface area contributed by atoms with Gasteiger partial charge in [0.2, 0.25) is 5.91 Å². The van der Waals surface area contributed by atoms with Gasteiger partial charge < -0.3 is 24.7 Å². The molecule has 0 bridgehead atoms. The van der Waals surface area contributed by atoms with Crippen molar-refractivity contribution in [3.05, 3.63) is 108 Å². The number of amides is 2. The van der Waals surface area contributed by atoms with Crippen molar-refractivity contribution in [2.75, 3.05) is 30.8 Å². The van der Waals surface area contributed by atoms with E-state index in [1.54, 1.807) is 56.5 Å². The monoisotopic (exact) mass is 602 g/mol. The van der Waals surface area contributed by atoms with Gasteiger partial charge in [0.15, 0.2) is 11.5 Å². The second kappa shape index (κ2) is 13.7. The minimum absolute atomic E-state index is 0.0504. The molecule has 0 radical (unpaired) electrons. The fourth-order valence-corrected chi connectivity index (χ4v) is 5.74. The van der Waals surface area contributed by atoms with Crippen molar-refractivity contribution in [2.45, 2.75) is 39.2 Å². The van der Waals surface area contributed by atoms with Crippen molar-refractivity contribution in [3.63, 3.8) is 0 Å². The lowest BCUT2D eigenvalue weighted by Gasteiger charge is -2.26. The van der Waals surface area contributed by atoms with Crippen molar-refractivity contribution in [3.8, 4) is 22.9 Å². The maximum absolute atomic E-state index is 13.2. The molecule has 0 saturated carbocycles. The Labute approximate surface area is 263 Å². The third-order valence-corrected chi connectivity index (χ3v) is 8.15. The van der Waals surface area contributed by atoms with E-state index < -0.39 is 0 Å². The lowest BCUT2D eigenvalue weighted by Crippen LogP contribution is -2.28. The van der Waals surface area contributed by atoms with Crippen LogP contribution in [0, 0.1) is 0 Å². The predicted octanol–water partition coefficient (Wildman–Crippen LogP) is 8.02. The van der Waals surface area contributed by atoms with Gasteiger partial charge in [0, 0.05) is 53.2 Å². The van der Waals surface area contributed by atoms with Gasteiger partial charge >= 0.3 is 0 Å². The third kappa shape index (κ3) is 7.02. The van der Waals surface area contributed by atoms with Crippen LogP contribution >= 0.6 is 0 Å². The number of methoxy groups -OCH3 is 1. The zero-order chi connectivity index (χ0) is 31.2. The molecule has 8 heteroatoms. The Morgan fingerprint density at radius 1 is 0.800 bits per heavy atom. The zero-order valence-electron chi connectivity index (χ0n) is 25.7. The first-order valence-corrected chi connectivity index (χ1v) is 15.5. The topological polar surface area (TPSA) is 84.8 Å². The summed E-state index contributed by atoms with van der Waals surface area (Å²) in [5.74, 6) is 1.31. The van der Waals surface area contributed by atoms with E-state index in [4.69, 9.17) is 9.47 Å². The molecule has 4 aromatic carbocycles. The molecule has 6 rings (SSSR count). The standard InChI is InChI=1S/C37H38N4O4/c1-3-36(42)38-28-13-18-31(19-14-28)45-34-20-15-29(23-35(34)44-2)39-37(43)26-11-16-30(17-12-26)41-25-27(24-40-21-7-4-8-22-40)32-9-5-6-10-33(32)41/h5-6,9-20,23,25H,3-4,7-8,21-22,24H2,1-2H3,(H,38,42)(H,39,43). The summed E-state index contributed by atoms with van der Waals surface area (Å²) in [5.41, 5.74) is 5.34. The average Bonchev–Trinajstić information content (AvgIpc) is 3.44. The first-order chi connectivity index (χ1) is 22.0. The highest BCUT2D eigenvalue weighted by Gasteiger charge is 2.16. The number of benzene rings is 4. The number of rotatable bonds is 10. The summed E-state index contributed by atoms with van der Waals surface area (Å²) in [6.45, 7) is 5.06. The molecule has 1 saturated heterocycles. The van der Waals surface area contributed by atoms with Gasteiger partial charge in [0.05, 0.1) is 12.6 Å². The quantitative estimate of drug-likeness (QED) is 0.169. The van der Waals surface area contributed by atoms with Crippen molar-refractivity contribution in [1.29, 1.82) is 0 Å². The van der Waals surface area contributed by atoms with Crippen LogP contribution in [-0.2, 0) is 11.3 Å². The van der Waals surface area contributed by atoms with Crippen LogP contribution in [0.5, 0.6) is 17.2 Å². The summed E-state index contributed by atoms with van der Waals surface area (Å²) in [6.07, 6.45) is 6.51. The molecule has 1 fully saturated rings. The molecule has 2 amide bonds. The van der Waals surface area contributed by atoms with Crippen molar-refractivity contribution in [2.24, 2.45) is 0 Å². The summed E-state index contributed by atoms with van der Waals surface area (Å²) in [4.78, 5) is 27.3. The van der Waals surface area contributed by atoms with Crippen LogP contribution in [0.3, 0.4) is 0 Å². The highest BCUT2D eigenvalue weighted by atomic mass is 16.5. The molecular formula is C37H38N4O4. The van der Waals surface area contributed by atoms with Crippen molar-refractivity contribution in [1.82, 2.24) is 9.47 Å². The average molecular weight is 603 g/mol. The number of fused-ring (bicyclic) bond motifs is 1. The highest BCUT2D eigenvalue weighted by molar-refractivity contribution is 6.04. The Morgan fingerprint density at radius 2 is 1.53 bits per heavy atom. The summed E-state index contributed by atoms with van der Waals surface area (Å²) in [7, 11) is 1.55. The van der Waals surface area contributed by atoms with Gasteiger partial charge in [-0.3, -0.25) is 14.5 Å². The molecule has 2 heterocycles. The van der Waals surface area contributed by atoms with E-state index in [2.05, 4.69) is 50.6 Å². The molecule has 8 nitrogen and oxygen atoms in total. The van der Waals surface area contributed by atoms with E-state index in [9.17, 15) is 9.59 Å². The lowest BCUT2D eigenvalue weighted by atomic mass is 10.1. The Morgan fingerprint density at radius 3 is 2.27 bits per heavy atom. The Balaban J connectivity index is 1.13. The smallest absolute Gasteiger partial charge is 0.255 e. The number of piperidine rings is 1. The van der Waals surface area contributed by atoms with Gasteiger partial charge in [-0.2, -0.15) is 0 Å². The minimum atomic E-state index is -0.217. The number of nitrogens with one attached hydrogen (secondary N) is 2. The third-order valence-electron chi connectivity index (χ3n) is 8.15. The Hall–Kier alpha value is -5.08. The van der Waals surface area contributed by atoms with Crippen molar-refractivity contribution < 1.29 is 19.1 Å². The van der Waals surface area contributed by atoms with Gasteiger partial charge in [-0.1, -0.05) is 31.5 Å². The molecule has 1 aliphatic heterocycles. The van der Waals surface area contributed by atoms with E-state index in [1.165, 1.54) is 30.2 Å². The molecular weight excluding hydrogens is 564 g/mol. The first kappa shape index (κ1) is 30.0. The Kier molecular flexibility index (Phi) is 9.12. The van der Waals surface area contributed by atoms with E-state index in [-0.39, 0.29) is 11.8 Å². The van der Waals surface area contributed by atoms with Gasteiger partial charge in [-0.25, -0.2) is 0 Å². The number of likely N-dealkylation sites (tertiary alicyclic amines) is 1. The van der Waals surface area contributed by atoms with Gasteiger partial charge in [0.25, 0.3) is 5.91 Å². The number of anilines is 2. The van der Waals surface area contributed by atoms with E-state index >= 15 is 0 Å². The van der Waals surface area contributed by atoms with Crippen LogP contribution in [0.25, 0.3) is 16.6 Å². The van der Waals surface area contributed by atoms with Crippen molar-refractivity contribution >= 4 is 34.1 Å².